The molecule has 2 fully saturated rings. The Balaban J connectivity index is 1.61. The van der Waals surface area contributed by atoms with E-state index in [4.69, 9.17) is 0 Å². The summed E-state index contributed by atoms with van der Waals surface area (Å²) in [6, 6.07) is 5.04. The fourth-order valence-corrected chi connectivity index (χ4v) is 3.70. The van der Waals surface area contributed by atoms with Crippen molar-refractivity contribution in [1.82, 2.24) is 10.3 Å². The van der Waals surface area contributed by atoms with Crippen molar-refractivity contribution in [1.29, 1.82) is 0 Å². The van der Waals surface area contributed by atoms with E-state index in [2.05, 4.69) is 27.3 Å². The average Bonchev–Trinajstić information content (AvgIpc) is 2.83. The Labute approximate surface area is 129 Å². The summed E-state index contributed by atoms with van der Waals surface area (Å²) < 4.78 is 0. The SMILES string of the molecule is c1cnc(N2CCCCC2)c(CNC2CCCCCC2)c1. The Morgan fingerprint density at radius 2 is 1.71 bits per heavy atom. The average molecular weight is 287 g/mol. The van der Waals surface area contributed by atoms with Gasteiger partial charge in [-0.3, -0.25) is 0 Å². The summed E-state index contributed by atoms with van der Waals surface area (Å²) >= 11 is 0. The van der Waals surface area contributed by atoms with Crippen molar-refractivity contribution in [3.05, 3.63) is 23.9 Å². The number of aromatic nitrogens is 1. The van der Waals surface area contributed by atoms with E-state index in [1.54, 1.807) is 0 Å². The second-order valence-electron chi connectivity index (χ2n) is 6.60. The Bertz CT molecular complexity index is 418. The summed E-state index contributed by atoms with van der Waals surface area (Å²) in [7, 11) is 0. The number of rotatable bonds is 4. The molecule has 1 aromatic heterocycles. The van der Waals surface area contributed by atoms with E-state index in [9.17, 15) is 0 Å². The largest absolute Gasteiger partial charge is 0.356 e. The van der Waals surface area contributed by atoms with Crippen LogP contribution in [-0.4, -0.2) is 24.1 Å². The highest BCUT2D eigenvalue weighted by molar-refractivity contribution is 5.46. The van der Waals surface area contributed by atoms with Gasteiger partial charge in [-0.15, -0.1) is 0 Å². The monoisotopic (exact) mass is 287 g/mol. The van der Waals surface area contributed by atoms with Gasteiger partial charge in [0, 0.05) is 37.4 Å². The maximum atomic E-state index is 4.67. The van der Waals surface area contributed by atoms with E-state index >= 15 is 0 Å². The Kier molecular flexibility index (Phi) is 5.50. The van der Waals surface area contributed by atoms with Crippen LogP contribution in [0.2, 0.25) is 0 Å². The van der Waals surface area contributed by atoms with Gasteiger partial charge in [-0.2, -0.15) is 0 Å². The summed E-state index contributed by atoms with van der Waals surface area (Å²) in [5.41, 5.74) is 1.38. The highest BCUT2D eigenvalue weighted by Gasteiger charge is 2.17. The first-order valence-corrected chi connectivity index (χ1v) is 8.86. The number of nitrogens with one attached hydrogen (secondary N) is 1. The number of pyridine rings is 1. The zero-order valence-electron chi connectivity index (χ0n) is 13.2. The molecule has 3 nitrogen and oxygen atoms in total. The maximum Gasteiger partial charge on any atom is 0.133 e. The number of hydrogen-bond acceptors (Lipinski definition) is 3. The van der Waals surface area contributed by atoms with Crippen molar-refractivity contribution >= 4 is 5.82 Å². The molecule has 0 bridgehead atoms. The highest BCUT2D eigenvalue weighted by atomic mass is 15.2. The molecule has 116 valence electrons. The summed E-state index contributed by atoms with van der Waals surface area (Å²) in [5.74, 6) is 1.22. The van der Waals surface area contributed by atoms with E-state index in [0.717, 1.165) is 6.54 Å². The van der Waals surface area contributed by atoms with Gasteiger partial charge in [-0.05, 0) is 38.2 Å². The van der Waals surface area contributed by atoms with Gasteiger partial charge in [0.1, 0.15) is 5.82 Å². The predicted octanol–water partition coefficient (Wildman–Crippen LogP) is 3.88. The minimum Gasteiger partial charge on any atom is -0.356 e. The maximum absolute atomic E-state index is 4.67. The lowest BCUT2D eigenvalue weighted by Gasteiger charge is -2.29. The minimum absolute atomic E-state index is 0.710. The molecule has 0 radical (unpaired) electrons. The highest BCUT2D eigenvalue weighted by Crippen LogP contribution is 2.23. The van der Waals surface area contributed by atoms with Gasteiger partial charge in [0.15, 0.2) is 0 Å². The van der Waals surface area contributed by atoms with E-state index in [-0.39, 0.29) is 0 Å². The van der Waals surface area contributed by atoms with E-state index < -0.39 is 0 Å². The number of hydrogen-bond donors (Lipinski definition) is 1. The zero-order chi connectivity index (χ0) is 14.3. The third-order valence-electron chi connectivity index (χ3n) is 4.96. The second-order valence-corrected chi connectivity index (χ2v) is 6.60. The molecule has 1 aromatic rings. The molecule has 0 amide bonds. The number of nitrogens with zero attached hydrogens (tertiary/aromatic N) is 2. The van der Waals surface area contributed by atoms with Crippen LogP contribution in [0.4, 0.5) is 5.82 Å². The Hall–Kier alpha value is -1.09. The first-order chi connectivity index (χ1) is 10.4. The molecular formula is C18H29N3. The predicted molar refractivity (Wildman–Crippen MR) is 88.6 cm³/mol. The van der Waals surface area contributed by atoms with Crippen molar-refractivity contribution in [3.8, 4) is 0 Å². The van der Waals surface area contributed by atoms with Gasteiger partial charge < -0.3 is 10.2 Å². The van der Waals surface area contributed by atoms with Crippen LogP contribution in [0.15, 0.2) is 18.3 Å². The van der Waals surface area contributed by atoms with E-state index in [0.29, 0.717) is 6.04 Å². The molecule has 3 heteroatoms. The summed E-state index contributed by atoms with van der Waals surface area (Å²) in [4.78, 5) is 7.15. The first-order valence-electron chi connectivity index (χ1n) is 8.86. The zero-order valence-corrected chi connectivity index (χ0v) is 13.2. The normalized spacial score (nSPS) is 21.2. The third kappa shape index (κ3) is 4.19. The summed E-state index contributed by atoms with van der Waals surface area (Å²) in [6.07, 6.45) is 14.3. The van der Waals surface area contributed by atoms with Crippen LogP contribution in [0.5, 0.6) is 0 Å². The van der Waals surface area contributed by atoms with Crippen molar-refractivity contribution in [2.45, 2.75) is 70.4 Å². The fraction of sp³-hybridized carbons (Fsp3) is 0.722. The molecule has 1 saturated heterocycles. The molecular weight excluding hydrogens is 258 g/mol. The van der Waals surface area contributed by atoms with Gasteiger partial charge in [-0.25, -0.2) is 4.98 Å². The van der Waals surface area contributed by atoms with E-state index in [1.165, 1.54) is 82.3 Å². The van der Waals surface area contributed by atoms with Crippen LogP contribution in [-0.2, 0) is 6.54 Å². The van der Waals surface area contributed by atoms with Crippen LogP contribution in [0.3, 0.4) is 0 Å². The number of piperidine rings is 1. The molecule has 2 aliphatic rings. The fourth-order valence-electron chi connectivity index (χ4n) is 3.70. The standard InChI is InChI=1S/C18H29N3/c1-2-5-11-17(10-4-1)20-15-16-9-8-12-19-18(16)21-13-6-3-7-14-21/h8-9,12,17,20H,1-7,10-11,13-15H2. The number of anilines is 1. The Morgan fingerprint density at radius 3 is 2.48 bits per heavy atom. The van der Waals surface area contributed by atoms with Crippen molar-refractivity contribution in [2.24, 2.45) is 0 Å². The van der Waals surface area contributed by atoms with Crippen LogP contribution in [0, 0.1) is 0 Å². The lowest BCUT2D eigenvalue weighted by Crippen LogP contribution is -2.33. The summed E-state index contributed by atoms with van der Waals surface area (Å²) in [5, 5.41) is 3.79. The van der Waals surface area contributed by atoms with Gasteiger partial charge in [-0.1, -0.05) is 31.7 Å². The van der Waals surface area contributed by atoms with Gasteiger partial charge in [0.05, 0.1) is 0 Å². The quantitative estimate of drug-likeness (QED) is 0.852. The molecule has 0 atom stereocenters. The second kappa shape index (κ2) is 7.79. The molecule has 21 heavy (non-hydrogen) atoms. The lowest BCUT2D eigenvalue weighted by atomic mass is 10.1. The van der Waals surface area contributed by atoms with Crippen LogP contribution >= 0.6 is 0 Å². The lowest BCUT2D eigenvalue weighted by molar-refractivity contribution is 0.458. The smallest absolute Gasteiger partial charge is 0.133 e. The molecule has 3 rings (SSSR count). The van der Waals surface area contributed by atoms with Gasteiger partial charge in [0.25, 0.3) is 0 Å². The van der Waals surface area contributed by atoms with Crippen molar-refractivity contribution in [3.63, 3.8) is 0 Å². The Morgan fingerprint density at radius 1 is 1.00 bits per heavy atom. The van der Waals surface area contributed by atoms with Crippen LogP contribution in [0.1, 0.15) is 63.4 Å². The first kappa shape index (κ1) is 14.8. The molecule has 1 aliphatic carbocycles. The molecule has 0 unspecified atom stereocenters. The molecule has 0 spiro atoms. The molecule has 0 aromatic carbocycles. The van der Waals surface area contributed by atoms with E-state index in [1.807, 2.05) is 6.20 Å². The van der Waals surface area contributed by atoms with Crippen LogP contribution < -0.4 is 10.2 Å². The van der Waals surface area contributed by atoms with Gasteiger partial charge in [0.2, 0.25) is 0 Å². The third-order valence-corrected chi connectivity index (χ3v) is 4.96. The molecule has 2 heterocycles. The van der Waals surface area contributed by atoms with Gasteiger partial charge >= 0.3 is 0 Å². The summed E-state index contributed by atoms with van der Waals surface area (Å²) in [6.45, 7) is 3.32. The topological polar surface area (TPSA) is 28.2 Å². The van der Waals surface area contributed by atoms with Crippen molar-refractivity contribution < 1.29 is 0 Å². The minimum atomic E-state index is 0.710. The van der Waals surface area contributed by atoms with Crippen LogP contribution in [0.25, 0.3) is 0 Å². The molecule has 1 saturated carbocycles. The molecule has 1 aliphatic heterocycles. The van der Waals surface area contributed by atoms with Crippen molar-refractivity contribution in [2.75, 3.05) is 18.0 Å². The molecule has 1 N–H and O–H groups in total.